The standard InChI is InChI=1S/C14H14N2O4/c17-12-4-3-11(15-12)13(18)16-6-9-2-1-8(14(19)20)5-10(9)7-16/h1-2,5,11H,3-4,6-7H2,(H,15,17)(H,19,20). The second kappa shape index (κ2) is 4.63. The van der Waals surface area contributed by atoms with E-state index in [-0.39, 0.29) is 17.4 Å². The summed E-state index contributed by atoms with van der Waals surface area (Å²) in [5.41, 5.74) is 2.06. The maximum Gasteiger partial charge on any atom is 0.335 e. The van der Waals surface area contributed by atoms with Crippen molar-refractivity contribution in [2.75, 3.05) is 0 Å². The molecule has 0 aliphatic carbocycles. The van der Waals surface area contributed by atoms with Crippen LogP contribution in [0.1, 0.15) is 34.3 Å². The molecule has 20 heavy (non-hydrogen) atoms. The van der Waals surface area contributed by atoms with Crippen molar-refractivity contribution < 1.29 is 19.5 Å². The number of hydrogen-bond acceptors (Lipinski definition) is 3. The smallest absolute Gasteiger partial charge is 0.335 e. The van der Waals surface area contributed by atoms with Gasteiger partial charge < -0.3 is 15.3 Å². The lowest BCUT2D eigenvalue weighted by Gasteiger charge is -2.19. The third-order valence-corrected chi connectivity index (χ3v) is 3.78. The lowest BCUT2D eigenvalue weighted by Crippen LogP contribution is -2.42. The van der Waals surface area contributed by atoms with Crippen molar-refractivity contribution in [3.8, 4) is 0 Å². The first-order valence-electron chi connectivity index (χ1n) is 6.48. The van der Waals surface area contributed by atoms with Crippen LogP contribution in [-0.4, -0.2) is 33.8 Å². The third kappa shape index (κ3) is 2.13. The Morgan fingerprint density at radius 2 is 2.00 bits per heavy atom. The number of nitrogens with one attached hydrogen (secondary N) is 1. The molecule has 2 aliphatic heterocycles. The molecule has 0 radical (unpaired) electrons. The van der Waals surface area contributed by atoms with Crippen molar-refractivity contribution in [2.45, 2.75) is 32.0 Å². The largest absolute Gasteiger partial charge is 0.478 e. The Kier molecular flexibility index (Phi) is 2.93. The highest BCUT2D eigenvalue weighted by Crippen LogP contribution is 2.25. The molecule has 1 unspecified atom stereocenters. The van der Waals surface area contributed by atoms with E-state index in [9.17, 15) is 14.4 Å². The number of benzene rings is 1. The van der Waals surface area contributed by atoms with Gasteiger partial charge in [0.05, 0.1) is 5.56 Å². The first kappa shape index (κ1) is 12.7. The van der Waals surface area contributed by atoms with Gasteiger partial charge in [-0.2, -0.15) is 0 Å². The molecular weight excluding hydrogens is 260 g/mol. The Labute approximate surface area is 115 Å². The topological polar surface area (TPSA) is 86.7 Å². The van der Waals surface area contributed by atoms with Crippen LogP contribution >= 0.6 is 0 Å². The molecule has 0 spiro atoms. The molecule has 1 fully saturated rings. The highest BCUT2D eigenvalue weighted by molar-refractivity contribution is 5.91. The van der Waals surface area contributed by atoms with Gasteiger partial charge in [0.1, 0.15) is 6.04 Å². The Balaban J connectivity index is 1.75. The lowest BCUT2D eigenvalue weighted by molar-refractivity contribution is -0.134. The van der Waals surface area contributed by atoms with Crippen molar-refractivity contribution in [1.82, 2.24) is 10.2 Å². The van der Waals surface area contributed by atoms with Gasteiger partial charge >= 0.3 is 5.97 Å². The summed E-state index contributed by atoms with van der Waals surface area (Å²) >= 11 is 0. The zero-order chi connectivity index (χ0) is 14.3. The van der Waals surface area contributed by atoms with Gasteiger partial charge in [-0.15, -0.1) is 0 Å². The number of carbonyl (C=O) groups is 3. The zero-order valence-electron chi connectivity index (χ0n) is 10.8. The van der Waals surface area contributed by atoms with Crippen LogP contribution in [0.2, 0.25) is 0 Å². The van der Waals surface area contributed by atoms with Crippen LogP contribution in [0.4, 0.5) is 0 Å². The summed E-state index contributed by atoms with van der Waals surface area (Å²) in [7, 11) is 0. The predicted molar refractivity (Wildman–Crippen MR) is 68.8 cm³/mol. The number of fused-ring (bicyclic) bond motifs is 1. The molecule has 6 heteroatoms. The minimum absolute atomic E-state index is 0.0896. The number of hydrogen-bond donors (Lipinski definition) is 2. The van der Waals surface area contributed by atoms with Crippen LogP contribution in [-0.2, 0) is 22.7 Å². The van der Waals surface area contributed by atoms with Gasteiger partial charge in [0.15, 0.2) is 0 Å². The summed E-state index contributed by atoms with van der Waals surface area (Å²) in [5.74, 6) is -1.15. The van der Waals surface area contributed by atoms with Crippen LogP contribution in [0.25, 0.3) is 0 Å². The molecule has 0 saturated carbocycles. The molecule has 104 valence electrons. The maximum atomic E-state index is 12.3. The monoisotopic (exact) mass is 274 g/mol. The fourth-order valence-corrected chi connectivity index (χ4v) is 2.70. The Hall–Kier alpha value is -2.37. The highest BCUT2D eigenvalue weighted by atomic mass is 16.4. The van der Waals surface area contributed by atoms with E-state index in [4.69, 9.17) is 5.11 Å². The Morgan fingerprint density at radius 1 is 1.25 bits per heavy atom. The van der Waals surface area contributed by atoms with Gasteiger partial charge in [-0.3, -0.25) is 9.59 Å². The minimum atomic E-state index is -0.972. The number of amides is 2. The van der Waals surface area contributed by atoms with Crippen molar-refractivity contribution in [3.05, 3.63) is 34.9 Å². The van der Waals surface area contributed by atoms with Gasteiger partial charge in [-0.25, -0.2) is 4.79 Å². The lowest BCUT2D eigenvalue weighted by atomic mass is 10.1. The van der Waals surface area contributed by atoms with Crippen molar-refractivity contribution in [1.29, 1.82) is 0 Å². The average Bonchev–Trinajstić information content (AvgIpc) is 3.02. The van der Waals surface area contributed by atoms with Gasteiger partial charge in [-0.05, 0) is 29.7 Å². The van der Waals surface area contributed by atoms with Gasteiger partial charge in [0.2, 0.25) is 11.8 Å². The zero-order valence-corrected chi connectivity index (χ0v) is 10.8. The van der Waals surface area contributed by atoms with E-state index in [1.807, 2.05) is 0 Å². The molecule has 1 aromatic rings. The van der Waals surface area contributed by atoms with Crippen LogP contribution in [0.15, 0.2) is 18.2 Å². The van der Waals surface area contributed by atoms with E-state index in [0.29, 0.717) is 25.9 Å². The summed E-state index contributed by atoms with van der Waals surface area (Å²) in [5, 5.41) is 11.6. The number of rotatable bonds is 2. The normalized spacial score (nSPS) is 20.7. The minimum Gasteiger partial charge on any atom is -0.478 e. The second-order valence-electron chi connectivity index (χ2n) is 5.14. The predicted octanol–water partition coefficient (Wildman–Crippen LogP) is 0.506. The van der Waals surface area contributed by atoms with Crippen molar-refractivity contribution >= 4 is 17.8 Å². The van der Waals surface area contributed by atoms with Gasteiger partial charge in [-0.1, -0.05) is 6.07 Å². The molecule has 2 heterocycles. The molecule has 1 aromatic carbocycles. The summed E-state index contributed by atoms with van der Waals surface area (Å²) in [6.45, 7) is 0.877. The molecule has 2 aliphatic rings. The molecule has 0 bridgehead atoms. The van der Waals surface area contributed by atoms with Crippen molar-refractivity contribution in [2.24, 2.45) is 0 Å². The van der Waals surface area contributed by atoms with E-state index in [2.05, 4.69) is 5.32 Å². The van der Waals surface area contributed by atoms with Gasteiger partial charge in [0.25, 0.3) is 0 Å². The quantitative estimate of drug-likeness (QED) is 0.822. The highest BCUT2D eigenvalue weighted by Gasteiger charge is 2.33. The van der Waals surface area contributed by atoms with Crippen LogP contribution in [0.3, 0.4) is 0 Å². The van der Waals surface area contributed by atoms with Crippen molar-refractivity contribution in [3.63, 3.8) is 0 Å². The summed E-state index contributed by atoms with van der Waals surface area (Å²) in [4.78, 5) is 36.0. The number of nitrogens with zero attached hydrogens (tertiary/aromatic N) is 1. The molecule has 6 nitrogen and oxygen atoms in total. The van der Waals surface area contributed by atoms with Crippen LogP contribution in [0, 0.1) is 0 Å². The summed E-state index contributed by atoms with van der Waals surface area (Å²) in [6, 6.07) is 4.47. The second-order valence-corrected chi connectivity index (χ2v) is 5.14. The van der Waals surface area contributed by atoms with E-state index in [0.717, 1.165) is 11.1 Å². The van der Waals surface area contributed by atoms with E-state index in [1.165, 1.54) is 0 Å². The van der Waals surface area contributed by atoms with Crippen LogP contribution in [0.5, 0.6) is 0 Å². The van der Waals surface area contributed by atoms with E-state index >= 15 is 0 Å². The fraction of sp³-hybridized carbons (Fsp3) is 0.357. The number of carbonyl (C=O) groups excluding carboxylic acids is 2. The van der Waals surface area contributed by atoms with E-state index < -0.39 is 12.0 Å². The third-order valence-electron chi connectivity index (χ3n) is 3.78. The van der Waals surface area contributed by atoms with Crippen LogP contribution < -0.4 is 5.32 Å². The molecule has 1 saturated heterocycles. The first-order valence-corrected chi connectivity index (χ1v) is 6.48. The SMILES string of the molecule is O=C1CCC(C(=O)N2Cc3ccc(C(=O)O)cc3C2)N1. The molecule has 2 amide bonds. The molecule has 2 N–H and O–H groups in total. The first-order chi connectivity index (χ1) is 9.54. The number of carboxylic acid groups (broad SMARTS) is 1. The molecule has 3 rings (SSSR count). The molecular formula is C14H14N2O4. The fourth-order valence-electron chi connectivity index (χ4n) is 2.70. The van der Waals surface area contributed by atoms with E-state index in [1.54, 1.807) is 23.1 Å². The Morgan fingerprint density at radius 3 is 2.65 bits per heavy atom. The Bertz CT molecular complexity index is 611. The molecule has 0 aromatic heterocycles. The number of aromatic carboxylic acids is 1. The van der Waals surface area contributed by atoms with Gasteiger partial charge in [0, 0.05) is 19.5 Å². The molecule has 1 atom stereocenters. The number of carboxylic acids is 1. The summed E-state index contributed by atoms with van der Waals surface area (Å²) < 4.78 is 0. The maximum absolute atomic E-state index is 12.3. The average molecular weight is 274 g/mol. The summed E-state index contributed by atoms with van der Waals surface area (Å²) in [6.07, 6.45) is 0.922.